The first-order valence-electron chi connectivity index (χ1n) is 5.79. The van der Waals surface area contributed by atoms with Gasteiger partial charge in [-0.3, -0.25) is 10.1 Å². The zero-order valence-electron chi connectivity index (χ0n) is 10.3. The monoisotopic (exact) mass is 264 g/mol. The van der Waals surface area contributed by atoms with Gasteiger partial charge in [0.2, 0.25) is 0 Å². The Hall–Kier alpha value is -2.37. The van der Waals surface area contributed by atoms with Crippen LogP contribution >= 0.6 is 0 Å². The van der Waals surface area contributed by atoms with Crippen LogP contribution in [0.5, 0.6) is 0 Å². The molecule has 2 aromatic rings. The Morgan fingerprint density at radius 2 is 2.21 bits per heavy atom. The third-order valence-electron chi connectivity index (χ3n) is 2.67. The van der Waals surface area contributed by atoms with Gasteiger partial charge in [0.1, 0.15) is 11.4 Å². The fourth-order valence-electron chi connectivity index (χ4n) is 1.84. The molecule has 2 rings (SSSR count). The maximum atomic E-state index is 13.7. The summed E-state index contributed by atoms with van der Waals surface area (Å²) < 4.78 is 18.8. The molecule has 0 radical (unpaired) electrons. The molecule has 0 aliphatic carbocycles. The minimum absolute atomic E-state index is 0.0912. The summed E-state index contributed by atoms with van der Waals surface area (Å²) in [5.41, 5.74) is -0.363. The summed E-state index contributed by atoms with van der Waals surface area (Å²) >= 11 is 0. The summed E-state index contributed by atoms with van der Waals surface area (Å²) in [6.45, 7) is 1.80. The zero-order valence-corrected chi connectivity index (χ0v) is 10.3. The molecule has 1 aromatic heterocycles. The molecule has 0 spiro atoms. The fourth-order valence-corrected chi connectivity index (χ4v) is 1.84. The first-order chi connectivity index (χ1) is 9.08. The molecule has 6 heteroatoms. The molecule has 1 aromatic carbocycles. The molecule has 0 aliphatic rings. The first-order valence-corrected chi connectivity index (χ1v) is 5.79. The Bertz CT molecular complexity index is 569. The third-order valence-corrected chi connectivity index (χ3v) is 2.67. The number of furan rings is 1. The van der Waals surface area contributed by atoms with Gasteiger partial charge in [-0.15, -0.1) is 0 Å². The molecule has 5 nitrogen and oxygen atoms in total. The van der Waals surface area contributed by atoms with Gasteiger partial charge in [0.15, 0.2) is 5.82 Å². The molecular weight excluding hydrogens is 251 g/mol. The molecule has 0 saturated carbocycles. The number of benzene rings is 1. The van der Waals surface area contributed by atoms with Crippen molar-refractivity contribution >= 4 is 11.4 Å². The molecule has 1 unspecified atom stereocenters. The molecule has 0 amide bonds. The van der Waals surface area contributed by atoms with Crippen LogP contribution < -0.4 is 5.32 Å². The summed E-state index contributed by atoms with van der Waals surface area (Å²) in [5.74, 6) is 0.0967. The van der Waals surface area contributed by atoms with Crippen molar-refractivity contribution in [2.24, 2.45) is 0 Å². The maximum absolute atomic E-state index is 13.7. The van der Waals surface area contributed by atoms with Gasteiger partial charge >= 0.3 is 0 Å². The van der Waals surface area contributed by atoms with Crippen LogP contribution in [0.3, 0.4) is 0 Å². The standard InChI is InChI=1S/C13H13FN2O3/c1-9(8-10-4-3-7-19-10)15-13-11(14)5-2-6-12(13)16(17)18/h2-7,9,15H,8H2,1H3. The number of nitro benzene ring substituents is 1. The summed E-state index contributed by atoms with van der Waals surface area (Å²) in [6.07, 6.45) is 2.06. The molecule has 0 aliphatic heterocycles. The number of hydrogen-bond acceptors (Lipinski definition) is 4. The lowest BCUT2D eigenvalue weighted by Crippen LogP contribution is -2.19. The summed E-state index contributed by atoms with van der Waals surface area (Å²) in [7, 11) is 0. The Morgan fingerprint density at radius 1 is 1.42 bits per heavy atom. The van der Waals surface area contributed by atoms with Gasteiger partial charge in [-0.05, 0) is 25.1 Å². The topological polar surface area (TPSA) is 68.3 Å². The average Bonchev–Trinajstić information content (AvgIpc) is 2.84. The Kier molecular flexibility index (Phi) is 3.79. The van der Waals surface area contributed by atoms with E-state index >= 15 is 0 Å². The van der Waals surface area contributed by atoms with Crippen LogP contribution in [-0.4, -0.2) is 11.0 Å². The van der Waals surface area contributed by atoms with Crippen molar-refractivity contribution in [2.45, 2.75) is 19.4 Å². The largest absolute Gasteiger partial charge is 0.469 e. The van der Waals surface area contributed by atoms with Crippen LogP contribution in [0.15, 0.2) is 41.0 Å². The molecule has 1 N–H and O–H groups in total. The van der Waals surface area contributed by atoms with Gasteiger partial charge in [0, 0.05) is 18.5 Å². The third kappa shape index (κ3) is 3.09. The number of anilines is 1. The zero-order chi connectivity index (χ0) is 13.8. The molecule has 0 fully saturated rings. The Morgan fingerprint density at radius 3 is 2.84 bits per heavy atom. The molecule has 1 atom stereocenters. The minimum Gasteiger partial charge on any atom is -0.469 e. The number of nitrogens with one attached hydrogen (secondary N) is 1. The van der Waals surface area contributed by atoms with Gasteiger partial charge < -0.3 is 9.73 Å². The number of rotatable bonds is 5. The van der Waals surface area contributed by atoms with E-state index in [1.807, 2.05) is 0 Å². The summed E-state index contributed by atoms with van der Waals surface area (Å²) in [6, 6.07) is 7.14. The second-order valence-electron chi connectivity index (χ2n) is 4.22. The van der Waals surface area contributed by atoms with E-state index in [9.17, 15) is 14.5 Å². The molecule has 0 bridgehead atoms. The highest BCUT2D eigenvalue weighted by molar-refractivity contribution is 5.62. The smallest absolute Gasteiger partial charge is 0.295 e. The van der Waals surface area contributed by atoms with E-state index in [0.717, 1.165) is 5.76 Å². The van der Waals surface area contributed by atoms with Crippen LogP contribution in [0, 0.1) is 15.9 Å². The van der Waals surface area contributed by atoms with E-state index in [-0.39, 0.29) is 17.4 Å². The average molecular weight is 264 g/mol. The van der Waals surface area contributed by atoms with Crippen molar-refractivity contribution in [3.63, 3.8) is 0 Å². The van der Waals surface area contributed by atoms with Crippen molar-refractivity contribution in [1.82, 2.24) is 0 Å². The van der Waals surface area contributed by atoms with Crippen LogP contribution in [0.4, 0.5) is 15.8 Å². The van der Waals surface area contributed by atoms with Gasteiger partial charge in [0.05, 0.1) is 11.2 Å². The highest BCUT2D eigenvalue weighted by Gasteiger charge is 2.19. The van der Waals surface area contributed by atoms with Gasteiger partial charge in [-0.2, -0.15) is 0 Å². The maximum Gasteiger partial charge on any atom is 0.295 e. The molecule has 19 heavy (non-hydrogen) atoms. The summed E-state index contributed by atoms with van der Waals surface area (Å²) in [4.78, 5) is 10.2. The first kappa shape index (κ1) is 13.1. The van der Waals surface area contributed by atoms with E-state index in [2.05, 4.69) is 5.32 Å². The van der Waals surface area contributed by atoms with E-state index in [4.69, 9.17) is 4.42 Å². The van der Waals surface area contributed by atoms with Gasteiger partial charge in [0.25, 0.3) is 5.69 Å². The fraction of sp³-hybridized carbons (Fsp3) is 0.231. The van der Waals surface area contributed by atoms with Crippen LogP contribution in [0.25, 0.3) is 0 Å². The van der Waals surface area contributed by atoms with E-state index in [1.165, 1.54) is 18.2 Å². The van der Waals surface area contributed by atoms with Crippen LogP contribution in [0.1, 0.15) is 12.7 Å². The quantitative estimate of drug-likeness (QED) is 0.664. The lowest BCUT2D eigenvalue weighted by Gasteiger charge is -2.14. The second-order valence-corrected chi connectivity index (χ2v) is 4.22. The highest BCUT2D eigenvalue weighted by Crippen LogP contribution is 2.28. The van der Waals surface area contributed by atoms with Crippen molar-refractivity contribution in [1.29, 1.82) is 0 Å². The van der Waals surface area contributed by atoms with Gasteiger partial charge in [-0.25, -0.2) is 4.39 Å². The highest BCUT2D eigenvalue weighted by atomic mass is 19.1. The number of halogens is 1. The molecule has 100 valence electrons. The molecule has 0 saturated heterocycles. The predicted octanol–water partition coefficient (Wildman–Crippen LogP) is 3.37. The van der Waals surface area contributed by atoms with E-state index < -0.39 is 10.7 Å². The second kappa shape index (κ2) is 5.51. The van der Waals surface area contributed by atoms with Gasteiger partial charge in [-0.1, -0.05) is 6.07 Å². The van der Waals surface area contributed by atoms with E-state index in [1.54, 1.807) is 25.3 Å². The number of nitrogens with zero attached hydrogens (tertiary/aromatic N) is 1. The van der Waals surface area contributed by atoms with Crippen molar-refractivity contribution in [3.8, 4) is 0 Å². The number of para-hydroxylation sites is 1. The predicted molar refractivity (Wildman–Crippen MR) is 68.6 cm³/mol. The Labute approximate surface area is 109 Å². The molecule has 1 heterocycles. The number of hydrogen-bond donors (Lipinski definition) is 1. The Balaban J connectivity index is 2.16. The minimum atomic E-state index is -0.638. The van der Waals surface area contributed by atoms with Crippen molar-refractivity contribution in [3.05, 3.63) is 58.3 Å². The normalized spacial score (nSPS) is 12.1. The van der Waals surface area contributed by atoms with Crippen molar-refractivity contribution < 1.29 is 13.7 Å². The van der Waals surface area contributed by atoms with Crippen LogP contribution in [-0.2, 0) is 6.42 Å². The summed E-state index contributed by atoms with van der Waals surface area (Å²) in [5, 5.41) is 13.7. The molecular formula is C13H13FN2O3. The van der Waals surface area contributed by atoms with E-state index in [0.29, 0.717) is 6.42 Å². The SMILES string of the molecule is CC(Cc1ccco1)Nc1c(F)cccc1[N+](=O)[O-]. The van der Waals surface area contributed by atoms with Crippen molar-refractivity contribution in [2.75, 3.05) is 5.32 Å². The lowest BCUT2D eigenvalue weighted by molar-refractivity contribution is -0.384. The van der Waals surface area contributed by atoms with Crippen LogP contribution in [0.2, 0.25) is 0 Å². The lowest BCUT2D eigenvalue weighted by atomic mass is 10.1. The number of nitro groups is 1.